The lowest BCUT2D eigenvalue weighted by Gasteiger charge is -2.28. The van der Waals surface area contributed by atoms with E-state index < -0.39 is 30.5 Å². The maximum atomic E-state index is 13.3. The minimum atomic E-state index is -4.58. The molecule has 1 aromatic heterocycles. The van der Waals surface area contributed by atoms with E-state index >= 15 is 0 Å². The molecule has 3 N–H and O–H groups in total. The Balaban J connectivity index is 1.57. The van der Waals surface area contributed by atoms with Gasteiger partial charge in [0, 0.05) is 37.4 Å². The number of ether oxygens (including phenoxy) is 3. The van der Waals surface area contributed by atoms with Crippen molar-refractivity contribution >= 4 is 17.7 Å². The first-order valence-corrected chi connectivity index (χ1v) is 14.8. The van der Waals surface area contributed by atoms with Crippen LogP contribution in [-0.4, -0.2) is 72.5 Å². The van der Waals surface area contributed by atoms with E-state index in [1.165, 1.54) is 7.11 Å². The summed E-state index contributed by atoms with van der Waals surface area (Å²) in [5.41, 5.74) is 7.52. The quantitative estimate of drug-likeness (QED) is 0.265. The lowest BCUT2D eigenvalue weighted by Crippen LogP contribution is -2.41. The molecule has 0 saturated carbocycles. The molecule has 2 aromatic rings. The smallest absolute Gasteiger partial charge is 0.406 e. The number of fused-ring (bicyclic) bond motifs is 1. The molecule has 0 bridgehead atoms. The number of hydrogen-bond acceptors (Lipinski definition) is 8. The summed E-state index contributed by atoms with van der Waals surface area (Å²) < 4.78 is 56.5. The van der Waals surface area contributed by atoms with Gasteiger partial charge in [-0.2, -0.15) is 13.2 Å². The highest BCUT2D eigenvalue weighted by Crippen LogP contribution is 2.30. The van der Waals surface area contributed by atoms with E-state index in [2.05, 4.69) is 15.0 Å². The number of amides is 1. The number of alkyl halides is 3. The molecule has 244 valence electrons. The number of rotatable bonds is 15. The van der Waals surface area contributed by atoms with E-state index in [9.17, 15) is 22.8 Å². The molecule has 12 heteroatoms. The molecule has 1 aromatic carbocycles. The number of benzene rings is 1. The zero-order valence-electron chi connectivity index (χ0n) is 26.3. The van der Waals surface area contributed by atoms with E-state index in [-0.39, 0.29) is 30.5 Å². The largest absolute Gasteiger partial charge is 0.493 e. The SMILES string of the molecule is COC(=O)C[C@@H]1Cc2ccc(OCCc3cccc(NCCC(C)(C)OCCC(C)(C)N)n3)cc2CN(CC(F)(F)F)C1=O. The Bertz CT molecular complexity index is 1260. The van der Waals surface area contributed by atoms with Gasteiger partial charge in [-0.15, -0.1) is 0 Å². The number of carbonyl (C=O) groups excluding carboxylic acids is 2. The van der Waals surface area contributed by atoms with Crippen LogP contribution >= 0.6 is 0 Å². The van der Waals surface area contributed by atoms with Gasteiger partial charge in [-0.25, -0.2) is 4.98 Å². The van der Waals surface area contributed by atoms with Crippen LogP contribution in [0.1, 0.15) is 63.8 Å². The van der Waals surface area contributed by atoms with Gasteiger partial charge in [0.15, 0.2) is 0 Å². The molecule has 1 aliphatic rings. The van der Waals surface area contributed by atoms with E-state index in [0.717, 1.165) is 29.3 Å². The monoisotopic (exact) mass is 622 g/mol. The fourth-order valence-corrected chi connectivity index (χ4v) is 4.87. The van der Waals surface area contributed by atoms with Crippen molar-refractivity contribution in [1.29, 1.82) is 0 Å². The Morgan fingerprint density at radius 2 is 1.84 bits per heavy atom. The number of methoxy groups -OCH3 is 1. The molecule has 44 heavy (non-hydrogen) atoms. The minimum Gasteiger partial charge on any atom is -0.493 e. The summed E-state index contributed by atoms with van der Waals surface area (Å²) in [7, 11) is 1.18. The summed E-state index contributed by atoms with van der Waals surface area (Å²) in [6, 6.07) is 10.8. The zero-order valence-corrected chi connectivity index (χ0v) is 26.3. The first-order chi connectivity index (χ1) is 20.5. The third kappa shape index (κ3) is 12.0. The normalized spacial score (nSPS) is 15.9. The first-order valence-electron chi connectivity index (χ1n) is 14.8. The highest BCUT2D eigenvalue weighted by atomic mass is 19.4. The van der Waals surface area contributed by atoms with E-state index in [4.69, 9.17) is 15.2 Å². The molecule has 0 spiro atoms. The van der Waals surface area contributed by atoms with Crippen molar-refractivity contribution in [2.24, 2.45) is 11.7 Å². The Hall–Kier alpha value is -3.38. The molecule has 0 aliphatic carbocycles. The molecule has 0 fully saturated rings. The number of anilines is 1. The van der Waals surface area contributed by atoms with Crippen molar-refractivity contribution in [3.63, 3.8) is 0 Å². The fraction of sp³-hybridized carbons (Fsp3) is 0.594. The second kappa shape index (κ2) is 15.1. The number of aromatic nitrogens is 1. The summed E-state index contributed by atoms with van der Waals surface area (Å²) >= 11 is 0. The summed E-state index contributed by atoms with van der Waals surface area (Å²) in [5.74, 6) is -1.09. The van der Waals surface area contributed by atoms with Crippen LogP contribution in [0.4, 0.5) is 19.0 Å². The Morgan fingerprint density at radius 3 is 2.52 bits per heavy atom. The lowest BCUT2D eigenvalue weighted by atomic mass is 9.94. The average molecular weight is 623 g/mol. The van der Waals surface area contributed by atoms with Crippen molar-refractivity contribution in [2.75, 3.05) is 38.7 Å². The Morgan fingerprint density at radius 1 is 1.09 bits per heavy atom. The second-order valence-corrected chi connectivity index (χ2v) is 12.6. The highest BCUT2D eigenvalue weighted by molar-refractivity contribution is 5.84. The molecule has 1 aliphatic heterocycles. The average Bonchev–Trinajstić information content (AvgIpc) is 3.03. The highest BCUT2D eigenvalue weighted by Gasteiger charge is 2.38. The van der Waals surface area contributed by atoms with Crippen molar-refractivity contribution in [1.82, 2.24) is 9.88 Å². The molecule has 0 radical (unpaired) electrons. The third-order valence-corrected chi connectivity index (χ3v) is 7.38. The number of nitrogens with zero attached hydrogens (tertiary/aromatic N) is 2. The number of hydrogen-bond donors (Lipinski definition) is 2. The predicted octanol–water partition coefficient (Wildman–Crippen LogP) is 5.05. The lowest BCUT2D eigenvalue weighted by molar-refractivity contribution is -0.165. The van der Waals surface area contributed by atoms with Gasteiger partial charge < -0.3 is 30.2 Å². The van der Waals surface area contributed by atoms with Crippen LogP contribution in [0.25, 0.3) is 0 Å². The number of carbonyl (C=O) groups is 2. The van der Waals surface area contributed by atoms with Gasteiger partial charge in [0.25, 0.3) is 0 Å². The van der Waals surface area contributed by atoms with E-state index in [1.807, 2.05) is 45.9 Å². The first kappa shape index (κ1) is 35.1. The fourth-order valence-electron chi connectivity index (χ4n) is 4.87. The predicted molar refractivity (Wildman–Crippen MR) is 161 cm³/mol. The summed E-state index contributed by atoms with van der Waals surface area (Å²) in [6.45, 7) is 7.99. The van der Waals surface area contributed by atoms with Gasteiger partial charge in [-0.3, -0.25) is 9.59 Å². The zero-order chi connectivity index (χ0) is 32.5. The molecule has 9 nitrogen and oxygen atoms in total. The molecule has 0 unspecified atom stereocenters. The number of nitrogens with two attached hydrogens (primary N) is 1. The summed E-state index contributed by atoms with van der Waals surface area (Å²) in [5, 5.41) is 3.34. The Kier molecular flexibility index (Phi) is 12.0. The maximum absolute atomic E-state index is 13.3. The number of pyridine rings is 1. The van der Waals surface area contributed by atoms with Crippen LogP contribution < -0.4 is 15.8 Å². The van der Waals surface area contributed by atoms with Crippen LogP contribution in [-0.2, 0) is 38.4 Å². The summed E-state index contributed by atoms with van der Waals surface area (Å²) in [4.78, 5) is 30.2. The number of halogens is 3. The van der Waals surface area contributed by atoms with Gasteiger partial charge in [0.2, 0.25) is 5.91 Å². The van der Waals surface area contributed by atoms with Gasteiger partial charge in [-0.05, 0) is 82.3 Å². The topological polar surface area (TPSA) is 116 Å². The van der Waals surface area contributed by atoms with Gasteiger partial charge in [0.1, 0.15) is 18.1 Å². The van der Waals surface area contributed by atoms with Crippen LogP contribution in [0.5, 0.6) is 5.75 Å². The third-order valence-electron chi connectivity index (χ3n) is 7.38. The van der Waals surface area contributed by atoms with Gasteiger partial charge in [-0.1, -0.05) is 12.1 Å². The molecule has 2 heterocycles. The Labute approximate surface area is 257 Å². The van der Waals surface area contributed by atoms with Crippen molar-refractivity contribution in [3.05, 3.63) is 53.2 Å². The van der Waals surface area contributed by atoms with Gasteiger partial charge in [0.05, 0.1) is 31.7 Å². The van der Waals surface area contributed by atoms with E-state index in [0.29, 0.717) is 43.1 Å². The maximum Gasteiger partial charge on any atom is 0.406 e. The molecular weight excluding hydrogens is 577 g/mol. The molecule has 1 amide bonds. The van der Waals surface area contributed by atoms with Crippen molar-refractivity contribution in [2.45, 2.75) is 83.7 Å². The molecule has 3 rings (SSSR count). The van der Waals surface area contributed by atoms with Crippen LogP contribution in [0.3, 0.4) is 0 Å². The standard InChI is InChI=1S/C32H45F3N4O5/c1-30(2,36)13-16-44-31(3,4)12-14-37-27-8-6-7-25(38-27)11-15-43-26-10-9-22-17-23(19-28(40)42-5)29(41)39(20-24(22)18-26)21-32(33,34)35/h6-10,18,23H,11-17,19-21,36H2,1-5H3,(H,37,38)/t23-/m0/s1. The number of nitrogens with one attached hydrogen (secondary N) is 1. The van der Waals surface area contributed by atoms with Crippen molar-refractivity contribution in [3.8, 4) is 5.75 Å². The van der Waals surface area contributed by atoms with Crippen molar-refractivity contribution < 1.29 is 37.0 Å². The molecular formula is C32H45F3N4O5. The van der Waals surface area contributed by atoms with Crippen LogP contribution in [0.15, 0.2) is 36.4 Å². The van der Waals surface area contributed by atoms with Crippen LogP contribution in [0.2, 0.25) is 0 Å². The summed E-state index contributed by atoms with van der Waals surface area (Å²) in [6.07, 6.45) is -2.67. The number of esters is 1. The molecule has 0 saturated heterocycles. The van der Waals surface area contributed by atoms with E-state index in [1.54, 1.807) is 18.2 Å². The van der Waals surface area contributed by atoms with Crippen LogP contribution in [0, 0.1) is 5.92 Å². The minimum absolute atomic E-state index is 0.136. The van der Waals surface area contributed by atoms with Gasteiger partial charge >= 0.3 is 12.1 Å². The second-order valence-electron chi connectivity index (χ2n) is 12.6. The molecule has 1 atom stereocenters.